The van der Waals surface area contributed by atoms with Gasteiger partial charge >= 0.3 is 0 Å². The van der Waals surface area contributed by atoms with Crippen LogP contribution in [0.4, 0.5) is 21.7 Å². The molecule has 0 aliphatic carbocycles. The molecule has 8 heteroatoms. The number of rotatable bonds is 4. The number of halogens is 1. The summed E-state index contributed by atoms with van der Waals surface area (Å²) in [6.45, 7) is 3.41. The van der Waals surface area contributed by atoms with Crippen LogP contribution >= 0.6 is 0 Å². The fourth-order valence-electron chi connectivity index (χ4n) is 2.05. The number of aromatic nitrogens is 3. The molecule has 24 heavy (non-hydrogen) atoms. The molecule has 0 bridgehead atoms. The zero-order chi connectivity index (χ0) is 17.1. The lowest BCUT2D eigenvalue weighted by atomic mass is 10.3. The zero-order valence-electron chi connectivity index (χ0n) is 13.0. The summed E-state index contributed by atoms with van der Waals surface area (Å²) >= 11 is 0. The minimum Gasteiger partial charge on any atom is -0.360 e. The number of carbonyl (C=O) groups excluding carboxylic acids is 1. The minimum absolute atomic E-state index is 0.0837. The Hall–Kier alpha value is -3.29. The first-order valence-corrected chi connectivity index (χ1v) is 7.13. The van der Waals surface area contributed by atoms with Crippen LogP contribution in [-0.2, 0) is 0 Å². The summed E-state index contributed by atoms with van der Waals surface area (Å²) in [5, 5.41) is 9.21. The smallest absolute Gasteiger partial charge is 0.274 e. The van der Waals surface area contributed by atoms with Gasteiger partial charge in [0.05, 0.1) is 5.69 Å². The van der Waals surface area contributed by atoms with E-state index in [1.165, 1.54) is 18.2 Å². The summed E-state index contributed by atoms with van der Waals surface area (Å²) in [4.78, 5) is 20.6. The molecule has 0 saturated carbocycles. The van der Waals surface area contributed by atoms with E-state index < -0.39 is 11.7 Å². The van der Waals surface area contributed by atoms with Crippen molar-refractivity contribution in [2.45, 2.75) is 13.8 Å². The molecule has 0 aliphatic rings. The number of hydrogen-bond acceptors (Lipinski definition) is 6. The maximum absolute atomic E-state index is 13.6. The maximum atomic E-state index is 13.6. The van der Waals surface area contributed by atoms with Crippen molar-refractivity contribution in [3.63, 3.8) is 0 Å². The third-order valence-corrected chi connectivity index (χ3v) is 3.08. The molecule has 0 spiro atoms. The summed E-state index contributed by atoms with van der Waals surface area (Å²) in [6.07, 6.45) is 0. The lowest BCUT2D eigenvalue weighted by Gasteiger charge is -2.08. The van der Waals surface area contributed by atoms with Gasteiger partial charge in [-0.05, 0) is 26.0 Å². The van der Waals surface area contributed by atoms with Gasteiger partial charge in [-0.2, -0.15) is 0 Å². The number of aryl methyl sites for hydroxylation is 2. The largest absolute Gasteiger partial charge is 0.360 e. The number of nitrogens with zero attached hydrogens (tertiary/aromatic N) is 3. The van der Waals surface area contributed by atoms with Crippen molar-refractivity contribution >= 4 is 23.2 Å². The average molecular weight is 327 g/mol. The van der Waals surface area contributed by atoms with Gasteiger partial charge in [-0.25, -0.2) is 14.4 Å². The molecule has 0 fully saturated rings. The van der Waals surface area contributed by atoms with Crippen LogP contribution in [0.5, 0.6) is 0 Å². The summed E-state index contributed by atoms with van der Waals surface area (Å²) in [7, 11) is 0. The molecular weight excluding hydrogens is 313 g/mol. The molecule has 0 saturated heterocycles. The van der Waals surface area contributed by atoms with Gasteiger partial charge in [0, 0.05) is 12.1 Å². The summed E-state index contributed by atoms with van der Waals surface area (Å²) < 4.78 is 18.6. The second-order valence-electron chi connectivity index (χ2n) is 5.07. The predicted octanol–water partition coefficient (Wildman–Crippen LogP) is 3.22. The topological polar surface area (TPSA) is 92.9 Å². The van der Waals surface area contributed by atoms with E-state index in [4.69, 9.17) is 4.52 Å². The first-order chi connectivity index (χ1) is 11.5. The van der Waals surface area contributed by atoms with E-state index in [9.17, 15) is 9.18 Å². The second-order valence-corrected chi connectivity index (χ2v) is 5.07. The van der Waals surface area contributed by atoms with Gasteiger partial charge in [-0.15, -0.1) is 0 Å². The highest BCUT2D eigenvalue weighted by atomic mass is 19.1. The third kappa shape index (κ3) is 3.54. The van der Waals surface area contributed by atoms with E-state index in [1.54, 1.807) is 32.0 Å². The van der Waals surface area contributed by atoms with Crippen molar-refractivity contribution in [1.29, 1.82) is 0 Å². The Morgan fingerprint density at radius 2 is 1.92 bits per heavy atom. The van der Waals surface area contributed by atoms with Crippen molar-refractivity contribution in [3.05, 3.63) is 59.5 Å². The molecule has 0 radical (unpaired) electrons. The molecule has 0 unspecified atom stereocenters. The minimum atomic E-state index is -0.537. The van der Waals surface area contributed by atoms with E-state index >= 15 is 0 Å². The van der Waals surface area contributed by atoms with Crippen LogP contribution in [0.2, 0.25) is 0 Å². The Kier molecular flexibility index (Phi) is 4.19. The summed E-state index contributed by atoms with van der Waals surface area (Å²) in [6, 6.07) is 9.05. The van der Waals surface area contributed by atoms with Gasteiger partial charge in [0.1, 0.15) is 28.9 Å². The van der Waals surface area contributed by atoms with E-state index in [2.05, 4.69) is 25.8 Å². The number of hydrogen-bond donors (Lipinski definition) is 2. The number of para-hydroxylation sites is 1. The maximum Gasteiger partial charge on any atom is 0.274 e. The first-order valence-electron chi connectivity index (χ1n) is 7.13. The van der Waals surface area contributed by atoms with Crippen LogP contribution in [0, 0.1) is 19.7 Å². The van der Waals surface area contributed by atoms with Crippen LogP contribution in [0.1, 0.15) is 22.1 Å². The Balaban J connectivity index is 1.82. The lowest BCUT2D eigenvalue weighted by molar-refractivity contribution is 0.102. The highest BCUT2D eigenvalue weighted by molar-refractivity contribution is 6.03. The quantitative estimate of drug-likeness (QED) is 0.764. The Labute approximate surface area is 136 Å². The van der Waals surface area contributed by atoms with Crippen molar-refractivity contribution < 1.29 is 13.7 Å². The fraction of sp³-hybridized carbons (Fsp3) is 0.125. The number of anilines is 3. The molecule has 3 aromatic rings. The van der Waals surface area contributed by atoms with Gasteiger partial charge in [0.15, 0.2) is 5.82 Å². The van der Waals surface area contributed by atoms with Crippen molar-refractivity contribution in [2.24, 2.45) is 0 Å². The van der Waals surface area contributed by atoms with Crippen LogP contribution < -0.4 is 10.6 Å². The van der Waals surface area contributed by atoms with Crippen LogP contribution in [0.25, 0.3) is 0 Å². The van der Waals surface area contributed by atoms with Gasteiger partial charge < -0.3 is 15.2 Å². The predicted molar refractivity (Wildman–Crippen MR) is 85.6 cm³/mol. The standard InChI is InChI=1S/C16H14FN5O2/c1-9-7-15(22-24-9)21-14-8-13(18-10(2)19-14)16(23)20-12-6-4-3-5-11(12)17/h3-8H,1-2H3,(H,20,23)(H,18,19,21,22). The Morgan fingerprint density at radius 3 is 2.62 bits per heavy atom. The molecular formula is C16H14FN5O2. The van der Waals surface area contributed by atoms with Gasteiger partial charge in [-0.1, -0.05) is 17.3 Å². The molecule has 122 valence electrons. The van der Waals surface area contributed by atoms with Crippen LogP contribution in [-0.4, -0.2) is 21.0 Å². The van der Waals surface area contributed by atoms with E-state index in [-0.39, 0.29) is 11.4 Å². The molecule has 7 nitrogen and oxygen atoms in total. The summed E-state index contributed by atoms with van der Waals surface area (Å²) in [5.41, 5.74) is 0.189. The Bertz CT molecular complexity index is 894. The first kappa shape index (κ1) is 15.6. The molecule has 2 N–H and O–H groups in total. The molecule has 3 rings (SSSR count). The normalized spacial score (nSPS) is 10.5. The van der Waals surface area contributed by atoms with Crippen LogP contribution in [0.3, 0.4) is 0 Å². The molecule has 2 aromatic heterocycles. The van der Waals surface area contributed by atoms with E-state index in [0.717, 1.165) is 0 Å². The van der Waals surface area contributed by atoms with Gasteiger partial charge in [-0.3, -0.25) is 4.79 Å². The van der Waals surface area contributed by atoms with Gasteiger partial charge in [0.25, 0.3) is 5.91 Å². The number of benzene rings is 1. The SMILES string of the molecule is Cc1nc(Nc2cc(C)on2)cc(C(=O)Nc2ccccc2F)n1. The van der Waals surface area contributed by atoms with Crippen molar-refractivity contribution in [2.75, 3.05) is 10.6 Å². The molecule has 1 amide bonds. The Morgan fingerprint density at radius 1 is 1.12 bits per heavy atom. The number of amides is 1. The van der Waals surface area contributed by atoms with E-state index in [0.29, 0.717) is 23.2 Å². The number of carbonyl (C=O) groups is 1. The average Bonchev–Trinajstić information content (AvgIpc) is 2.94. The highest BCUT2D eigenvalue weighted by Crippen LogP contribution is 2.17. The highest BCUT2D eigenvalue weighted by Gasteiger charge is 2.13. The molecule has 0 aliphatic heterocycles. The molecule has 2 heterocycles. The second kappa shape index (κ2) is 6.45. The fourth-order valence-corrected chi connectivity index (χ4v) is 2.05. The monoisotopic (exact) mass is 327 g/mol. The van der Waals surface area contributed by atoms with Crippen LogP contribution in [0.15, 0.2) is 40.9 Å². The number of nitrogens with one attached hydrogen (secondary N) is 2. The zero-order valence-corrected chi connectivity index (χ0v) is 13.0. The molecule has 1 aromatic carbocycles. The van der Waals surface area contributed by atoms with Gasteiger partial charge in [0.2, 0.25) is 0 Å². The lowest BCUT2D eigenvalue weighted by Crippen LogP contribution is -2.16. The molecule has 0 atom stereocenters. The third-order valence-electron chi connectivity index (χ3n) is 3.08. The van der Waals surface area contributed by atoms with Crippen molar-refractivity contribution in [1.82, 2.24) is 15.1 Å². The van der Waals surface area contributed by atoms with Crippen molar-refractivity contribution in [3.8, 4) is 0 Å². The van der Waals surface area contributed by atoms with E-state index in [1.807, 2.05) is 0 Å². The summed E-state index contributed by atoms with van der Waals surface area (Å²) in [5.74, 6) is 0.818.